The van der Waals surface area contributed by atoms with Crippen molar-refractivity contribution in [1.82, 2.24) is 20.2 Å². The maximum absolute atomic E-state index is 12.8. The molecule has 6 rings (SSSR count). The Labute approximate surface area is 237 Å². The molecule has 4 heterocycles. The molecule has 206 valence electrons. The maximum atomic E-state index is 12.8. The second-order valence-corrected chi connectivity index (χ2v) is 10.8. The smallest absolute Gasteiger partial charge is 0.261 e. The van der Waals surface area contributed by atoms with E-state index >= 15 is 0 Å². The van der Waals surface area contributed by atoms with E-state index in [1.165, 1.54) is 16.9 Å². The monoisotopic (exact) mass is 557 g/mol. The van der Waals surface area contributed by atoms with E-state index in [2.05, 4.69) is 38.7 Å². The first-order chi connectivity index (χ1) is 19.7. The Balaban J connectivity index is 1.04. The first kappa shape index (κ1) is 26.2. The highest BCUT2D eigenvalue weighted by Gasteiger charge is 2.15. The molecule has 40 heavy (non-hydrogen) atoms. The van der Waals surface area contributed by atoms with E-state index in [4.69, 9.17) is 19.2 Å². The number of rotatable bonds is 10. The lowest BCUT2D eigenvalue weighted by molar-refractivity contribution is 0.0374. The molecule has 2 aromatic heterocycles. The van der Waals surface area contributed by atoms with Crippen molar-refractivity contribution in [3.05, 3.63) is 82.9 Å². The molecule has 0 aliphatic carbocycles. The van der Waals surface area contributed by atoms with Crippen molar-refractivity contribution in [2.24, 2.45) is 0 Å². The molecule has 2 aliphatic rings. The van der Waals surface area contributed by atoms with Crippen LogP contribution in [0, 0.1) is 0 Å². The number of morpholine rings is 1. The van der Waals surface area contributed by atoms with Crippen LogP contribution in [-0.2, 0) is 17.7 Å². The summed E-state index contributed by atoms with van der Waals surface area (Å²) in [5.41, 5.74) is 3.95. The number of anilines is 2. The number of nitrogens with zero attached hydrogens (tertiary/aromatic N) is 3. The number of hydrogen-bond donors (Lipinski definition) is 2. The molecule has 9 nitrogen and oxygen atoms in total. The van der Waals surface area contributed by atoms with Gasteiger partial charge in [-0.25, -0.2) is 9.97 Å². The van der Waals surface area contributed by atoms with Crippen LogP contribution in [-0.4, -0.2) is 60.4 Å². The average Bonchev–Trinajstić information content (AvgIpc) is 3.67. The molecule has 0 saturated carbocycles. The van der Waals surface area contributed by atoms with Crippen molar-refractivity contribution >= 4 is 28.9 Å². The Morgan fingerprint density at radius 3 is 2.80 bits per heavy atom. The van der Waals surface area contributed by atoms with E-state index in [9.17, 15) is 4.79 Å². The number of carbonyl (C=O) groups is 1. The molecule has 4 aromatic rings. The molecule has 1 amide bonds. The Kier molecular flexibility index (Phi) is 8.17. The normalized spacial score (nSPS) is 14.7. The van der Waals surface area contributed by atoms with Gasteiger partial charge in [-0.15, -0.1) is 11.3 Å². The number of aryl methyl sites for hydroxylation is 1. The highest BCUT2D eigenvalue weighted by Crippen LogP contribution is 2.32. The van der Waals surface area contributed by atoms with Crippen molar-refractivity contribution in [3.63, 3.8) is 0 Å². The summed E-state index contributed by atoms with van der Waals surface area (Å²) in [6.45, 7) is 5.43. The molecular formula is C30H31N5O4S. The van der Waals surface area contributed by atoms with E-state index in [1.807, 2.05) is 42.5 Å². The second-order valence-electron chi connectivity index (χ2n) is 9.68. The molecule has 0 radical (unpaired) electrons. The minimum atomic E-state index is -0.133. The van der Waals surface area contributed by atoms with Gasteiger partial charge in [0.2, 0.25) is 12.7 Å². The van der Waals surface area contributed by atoms with E-state index < -0.39 is 0 Å². The summed E-state index contributed by atoms with van der Waals surface area (Å²) >= 11 is 1.40. The summed E-state index contributed by atoms with van der Waals surface area (Å²) in [6.07, 6.45) is 3.86. The second kappa shape index (κ2) is 12.5. The zero-order chi connectivity index (χ0) is 27.1. The molecule has 10 heteroatoms. The third-order valence-corrected chi connectivity index (χ3v) is 7.96. The number of amides is 1. The molecule has 2 aromatic carbocycles. The number of ether oxygens (including phenoxy) is 3. The zero-order valence-corrected chi connectivity index (χ0v) is 22.9. The van der Waals surface area contributed by atoms with Crippen molar-refractivity contribution in [1.29, 1.82) is 0 Å². The number of thiophene rings is 1. The van der Waals surface area contributed by atoms with Gasteiger partial charge in [0.05, 0.1) is 28.7 Å². The van der Waals surface area contributed by atoms with Gasteiger partial charge in [0, 0.05) is 31.5 Å². The minimum absolute atomic E-state index is 0.133. The molecular weight excluding hydrogens is 526 g/mol. The van der Waals surface area contributed by atoms with E-state index in [1.54, 1.807) is 6.20 Å². The third-order valence-electron chi connectivity index (χ3n) is 6.85. The van der Waals surface area contributed by atoms with Crippen LogP contribution in [0.1, 0.15) is 27.2 Å². The Hall–Kier alpha value is -3.99. The summed E-state index contributed by atoms with van der Waals surface area (Å²) in [6, 6.07) is 19.7. The molecule has 2 aliphatic heterocycles. The van der Waals surface area contributed by atoms with Crippen molar-refractivity contribution < 1.29 is 19.0 Å². The summed E-state index contributed by atoms with van der Waals surface area (Å²) in [7, 11) is 0. The fourth-order valence-electron chi connectivity index (χ4n) is 4.74. The molecule has 0 bridgehead atoms. The lowest BCUT2D eigenvalue weighted by atomic mass is 10.1. The average molecular weight is 558 g/mol. The van der Waals surface area contributed by atoms with Gasteiger partial charge in [0.25, 0.3) is 5.91 Å². The first-order valence-electron chi connectivity index (χ1n) is 13.5. The van der Waals surface area contributed by atoms with Crippen LogP contribution in [0.5, 0.6) is 11.5 Å². The van der Waals surface area contributed by atoms with Crippen LogP contribution in [0.15, 0.2) is 66.9 Å². The number of nitrogens with one attached hydrogen (secondary N) is 2. The Morgan fingerprint density at radius 1 is 0.975 bits per heavy atom. The molecule has 1 saturated heterocycles. The predicted octanol–water partition coefficient (Wildman–Crippen LogP) is 4.87. The van der Waals surface area contributed by atoms with E-state index in [0.717, 1.165) is 73.3 Å². The van der Waals surface area contributed by atoms with Gasteiger partial charge in [-0.05, 0) is 73.0 Å². The SMILES string of the molecule is O=C(NCc1ccc2c(c1)OCO2)c1ccc(-c2ccnc(Nc3cccc(CCCN4CCOCC4)c3)n2)s1. The van der Waals surface area contributed by atoms with Gasteiger partial charge in [0.15, 0.2) is 11.5 Å². The van der Waals surface area contributed by atoms with Gasteiger partial charge in [-0.3, -0.25) is 9.69 Å². The topological polar surface area (TPSA) is 97.8 Å². The maximum Gasteiger partial charge on any atom is 0.261 e. The number of aromatic nitrogens is 2. The first-order valence-corrected chi connectivity index (χ1v) is 14.3. The number of carbonyl (C=O) groups excluding carboxylic acids is 1. The van der Waals surface area contributed by atoms with Gasteiger partial charge >= 0.3 is 0 Å². The van der Waals surface area contributed by atoms with E-state index in [0.29, 0.717) is 23.1 Å². The fourth-order valence-corrected chi connectivity index (χ4v) is 5.63. The summed E-state index contributed by atoms with van der Waals surface area (Å²) in [5, 5.41) is 6.31. The van der Waals surface area contributed by atoms with Crippen molar-refractivity contribution in [2.75, 3.05) is 45.0 Å². The van der Waals surface area contributed by atoms with Gasteiger partial charge in [-0.1, -0.05) is 18.2 Å². The van der Waals surface area contributed by atoms with Crippen molar-refractivity contribution in [2.45, 2.75) is 19.4 Å². The van der Waals surface area contributed by atoms with Crippen molar-refractivity contribution in [3.8, 4) is 22.1 Å². The van der Waals surface area contributed by atoms with Gasteiger partial charge < -0.3 is 24.8 Å². The van der Waals surface area contributed by atoms with E-state index in [-0.39, 0.29) is 12.7 Å². The Morgan fingerprint density at radius 2 is 1.88 bits per heavy atom. The molecule has 0 atom stereocenters. The van der Waals surface area contributed by atoms with Crippen LogP contribution >= 0.6 is 11.3 Å². The van der Waals surface area contributed by atoms with Crippen LogP contribution in [0.3, 0.4) is 0 Å². The molecule has 2 N–H and O–H groups in total. The predicted molar refractivity (Wildman–Crippen MR) is 154 cm³/mol. The highest BCUT2D eigenvalue weighted by atomic mass is 32.1. The van der Waals surface area contributed by atoms with Crippen LogP contribution < -0.4 is 20.1 Å². The number of fused-ring (bicyclic) bond motifs is 1. The standard InChI is InChI=1S/C30H31N5O4S/c36-29(32-19-22-6-7-25-26(18-22)39-20-38-25)28-9-8-27(40-28)24-10-11-31-30(34-24)33-23-5-1-3-21(17-23)4-2-12-35-13-15-37-16-14-35/h1,3,5-11,17-18H,2,4,12-16,19-20H2,(H,32,36)(H,31,33,34). The Bertz CT molecular complexity index is 1470. The third kappa shape index (κ3) is 6.59. The molecule has 0 unspecified atom stereocenters. The largest absolute Gasteiger partial charge is 0.454 e. The molecule has 1 fully saturated rings. The van der Waals surface area contributed by atoms with Gasteiger partial charge in [0.1, 0.15) is 0 Å². The number of benzene rings is 2. The zero-order valence-electron chi connectivity index (χ0n) is 22.1. The van der Waals surface area contributed by atoms with Crippen LogP contribution in [0.2, 0.25) is 0 Å². The quantitative estimate of drug-likeness (QED) is 0.285. The molecule has 0 spiro atoms. The summed E-state index contributed by atoms with van der Waals surface area (Å²) in [4.78, 5) is 25.9. The lowest BCUT2D eigenvalue weighted by Gasteiger charge is -2.26. The minimum Gasteiger partial charge on any atom is -0.454 e. The summed E-state index contributed by atoms with van der Waals surface area (Å²) in [5.74, 6) is 1.81. The van der Waals surface area contributed by atoms with Crippen LogP contribution in [0.4, 0.5) is 11.6 Å². The summed E-state index contributed by atoms with van der Waals surface area (Å²) < 4.78 is 16.2. The number of hydrogen-bond acceptors (Lipinski definition) is 9. The van der Waals surface area contributed by atoms with Gasteiger partial charge in [-0.2, -0.15) is 0 Å². The van der Waals surface area contributed by atoms with Crippen LogP contribution in [0.25, 0.3) is 10.6 Å². The fraction of sp³-hybridized carbons (Fsp3) is 0.300. The lowest BCUT2D eigenvalue weighted by Crippen LogP contribution is -2.36. The highest BCUT2D eigenvalue weighted by molar-refractivity contribution is 7.17.